The second-order valence-electron chi connectivity index (χ2n) is 6.80. The van der Waals surface area contributed by atoms with Gasteiger partial charge in [0.2, 0.25) is 11.7 Å². The van der Waals surface area contributed by atoms with E-state index >= 15 is 0 Å². The zero-order valence-corrected chi connectivity index (χ0v) is 15.6. The van der Waals surface area contributed by atoms with E-state index in [0.717, 1.165) is 0 Å². The minimum Gasteiger partial charge on any atom is -0.489 e. The van der Waals surface area contributed by atoms with Gasteiger partial charge in [0, 0.05) is 37.6 Å². The highest BCUT2D eigenvalue weighted by atomic mass is 19.3. The lowest BCUT2D eigenvalue weighted by molar-refractivity contribution is -0.114. The summed E-state index contributed by atoms with van der Waals surface area (Å²) >= 11 is 0. The highest BCUT2D eigenvalue weighted by molar-refractivity contribution is 5.88. The Bertz CT molecular complexity index is 888. The molecule has 0 bridgehead atoms. The van der Waals surface area contributed by atoms with E-state index in [1.54, 1.807) is 6.92 Å². The van der Waals surface area contributed by atoms with Crippen molar-refractivity contribution in [3.05, 3.63) is 29.8 Å². The summed E-state index contributed by atoms with van der Waals surface area (Å²) in [4.78, 5) is 23.0. The molecule has 2 aromatic heterocycles. The predicted molar refractivity (Wildman–Crippen MR) is 96.7 cm³/mol. The van der Waals surface area contributed by atoms with Crippen molar-refractivity contribution >= 4 is 23.2 Å². The van der Waals surface area contributed by atoms with Gasteiger partial charge in [-0.15, -0.1) is 0 Å². The summed E-state index contributed by atoms with van der Waals surface area (Å²) in [6.45, 7) is 3.78. The van der Waals surface area contributed by atoms with Crippen LogP contribution in [0, 0.1) is 12.8 Å². The fourth-order valence-electron chi connectivity index (χ4n) is 2.45. The number of pyridine rings is 1. The van der Waals surface area contributed by atoms with Crippen LogP contribution in [0.3, 0.4) is 0 Å². The molecule has 2 heterocycles. The Hall–Kier alpha value is -2.91. The SMILES string of the molecule is CC(=O)Nc1cc(Nc2cc(C)nc(C(C)(F)F)n2)c(OC[C@@H]2C[C@H]2F)cn1. The molecule has 2 atom stereocenters. The number of carbonyl (C=O) groups excluding carboxylic acids is 1. The Balaban J connectivity index is 1.89. The maximum Gasteiger partial charge on any atom is 0.303 e. The molecule has 28 heavy (non-hydrogen) atoms. The molecule has 1 saturated carbocycles. The van der Waals surface area contributed by atoms with Crippen molar-refractivity contribution in [3.8, 4) is 5.75 Å². The standard InChI is InChI=1S/C18H20F3N5O2/c1-9-4-16(26-17(23-9)18(3,20)21)25-13-6-15(24-10(2)27)22-7-14(13)28-8-11-5-12(11)19/h4,6-7,11-12H,5,8H2,1-3H3,(H2,22,23,24,25,26,27)/t11-,12+/m0/s1. The molecule has 2 N–H and O–H groups in total. The highest BCUT2D eigenvalue weighted by Gasteiger charge is 2.38. The average Bonchev–Trinajstić information content (AvgIpc) is 3.27. The maximum atomic E-state index is 13.6. The lowest BCUT2D eigenvalue weighted by Crippen LogP contribution is -2.15. The van der Waals surface area contributed by atoms with Crippen molar-refractivity contribution in [3.63, 3.8) is 0 Å². The van der Waals surface area contributed by atoms with Gasteiger partial charge in [-0.3, -0.25) is 4.79 Å². The molecule has 10 heteroatoms. The van der Waals surface area contributed by atoms with Crippen LogP contribution >= 0.6 is 0 Å². The summed E-state index contributed by atoms with van der Waals surface area (Å²) in [6.07, 6.45) is 0.939. The molecule has 0 saturated heterocycles. The number of nitrogens with zero attached hydrogens (tertiary/aromatic N) is 3. The largest absolute Gasteiger partial charge is 0.489 e. The Morgan fingerprint density at radius 1 is 1.32 bits per heavy atom. The molecule has 0 aromatic carbocycles. The van der Waals surface area contributed by atoms with Crippen LogP contribution < -0.4 is 15.4 Å². The van der Waals surface area contributed by atoms with Crippen molar-refractivity contribution in [2.75, 3.05) is 17.2 Å². The van der Waals surface area contributed by atoms with Gasteiger partial charge < -0.3 is 15.4 Å². The molecule has 0 radical (unpaired) electrons. The van der Waals surface area contributed by atoms with Crippen molar-refractivity contribution in [1.29, 1.82) is 0 Å². The van der Waals surface area contributed by atoms with Crippen molar-refractivity contribution in [2.24, 2.45) is 5.92 Å². The number of hydrogen-bond donors (Lipinski definition) is 2. The fraction of sp³-hybridized carbons (Fsp3) is 0.444. The Labute approximate surface area is 159 Å². The molecular formula is C18H20F3N5O2. The van der Waals surface area contributed by atoms with Crippen LogP contribution in [0.15, 0.2) is 18.3 Å². The van der Waals surface area contributed by atoms with Gasteiger partial charge >= 0.3 is 5.92 Å². The monoisotopic (exact) mass is 395 g/mol. The van der Waals surface area contributed by atoms with E-state index in [-0.39, 0.29) is 35.8 Å². The molecule has 1 aliphatic rings. The quantitative estimate of drug-likeness (QED) is 0.743. The number of amides is 1. The van der Waals surface area contributed by atoms with Gasteiger partial charge in [0.05, 0.1) is 18.5 Å². The number of rotatable bonds is 7. The molecule has 0 unspecified atom stereocenters. The summed E-state index contributed by atoms with van der Waals surface area (Å²) in [5.74, 6) is -3.66. The first-order chi connectivity index (χ1) is 13.1. The minimum atomic E-state index is -3.20. The van der Waals surface area contributed by atoms with E-state index in [9.17, 15) is 18.0 Å². The fourth-order valence-corrected chi connectivity index (χ4v) is 2.45. The number of aromatic nitrogens is 3. The first kappa shape index (κ1) is 19.8. The van der Waals surface area contributed by atoms with Crippen LogP contribution in [0.4, 0.5) is 30.5 Å². The lowest BCUT2D eigenvalue weighted by atomic mass is 10.3. The highest BCUT2D eigenvalue weighted by Crippen LogP contribution is 2.36. The third kappa shape index (κ3) is 5.08. The molecule has 1 fully saturated rings. The number of aryl methyl sites for hydroxylation is 1. The molecule has 0 spiro atoms. The molecule has 3 rings (SSSR count). The van der Waals surface area contributed by atoms with Gasteiger partial charge in [-0.2, -0.15) is 8.78 Å². The van der Waals surface area contributed by atoms with Crippen molar-refractivity contribution < 1.29 is 22.7 Å². The smallest absolute Gasteiger partial charge is 0.303 e. The van der Waals surface area contributed by atoms with Crippen LogP contribution in [-0.4, -0.2) is 33.6 Å². The summed E-state index contributed by atoms with van der Waals surface area (Å²) in [7, 11) is 0. The van der Waals surface area contributed by atoms with Gasteiger partial charge in [0.25, 0.3) is 0 Å². The van der Waals surface area contributed by atoms with Crippen LogP contribution in [0.25, 0.3) is 0 Å². The molecular weight excluding hydrogens is 375 g/mol. The number of alkyl halides is 3. The lowest BCUT2D eigenvalue weighted by Gasteiger charge is -2.16. The minimum absolute atomic E-state index is 0.128. The Morgan fingerprint density at radius 2 is 2.04 bits per heavy atom. The predicted octanol–water partition coefficient (Wildman–Crippen LogP) is 3.73. The summed E-state index contributed by atoms with van der Waals surface area (Å²) in [6, 6.07) is 2.98. The number of ether oxygens (including phenoxy) is 1. The van der Waals surface area contributed by atoms with Gasteiger partial charge in [0.1, 0.15) is 17.8 Å². The van der Waals surface area contributed by atoms with Crippen molar-refractivity contribution in [2.45, 2.75) is 39.3 Å². The molecule has 150 valence electrons. The average molecular weight is 395 g/mol. The van der Waals surface area contributed by atoms with Gasteiger partial charge in [-0.05, 0) is 13.3 Å². The topological polar surface area (TPSA) is 89.0 Å². The molecule has 0 aliphatic heterocycles. The van der Waals surface area contributed by atoms with Gasteiger partial charge in [-0.1, -0.05) is 0 Å². The van der Waals surface area contributed by atoms with E-state index in [1.807, 2.05) is 0 Å². The Morgan fingerprint density at radius 3 is 2.64 bits per heavy atom. The van der Waals surface area contributed by atoms with E-state index in [1.165, 1.54) is 25.3 Å². The zero-order valence-electron chi connectivity index (χ0n) is 15.6. The van der Waals surface area contributed by atoms with Crippen molar-refractivity contribution in [1.82, 2.24) is 15.0 Å². The number of anilines is 3. The van der Waals surface area contributed by atoms with Crippen LogP contribution in [0.2, 0.25) is 0 Å². The number of halogens is 3. The number of carbonyl (C=O) groups is 1. The van der Waals surface area contributed by atoms with E-state index < -0.39 is 17.9 Å². The summed E-state index contributed by atoms with van der Waals surface area (Å²) in [5.41, 5.74) is 0.698. The van der Waals surface area contributed by atoms with E-state index in [2.05, 4.69) is 25.6 Å². The molecule has 1 aliphatic carbocycles. The van der Waals surface area contributed by atoms with E-state index in [4.69, 9.17) is 4.74 Å². The van der Waals surface area contributed by atoms with Gasteiger partial charge in [0.15, 0.2) is 5.75 Å². The van der Waals surface area contributed by atoms with Crippen LogP contribution in [0.5, 0.6) is 5.75 Å². The summed E-state index contributed by atoms with van der Waals surface area (Å²) < 4.78 is 46.0. The number of nitrogens with one attached hydrogen (secondary N) is 2. The van der Waals surface area contributed by atoms with Crippen LogP contribution in [-0.2, 0) is 10.7 Å². The second kappa shape index (κ2) is 7.61. The normalized spacial score (nSPS) is 18.5. The first-order valence-electron chi connectivity index (χ1n) is 8.67. The zero-order chi connectivity index (χ0) is 20.5. The maximum absolute atomic E-state index is 13.6. The summed E-state index contributed by atoms with van der Waals surface area (Å²) in [5, 5.41) is 5.43. The van der Waals surface area contributed by atoms with E-state index in [0.29, 0.717) is 24.7 Å². The second-order valence-corrected chi connectivity index (χ2v) is 6.80. The molecule has 2 aromatic rings. The first-order valence-corrected chi connectivity index (χ1v) is 8.67. The van der Waals surface area contributed by atoms with Crippen LogP contribution in [0.1, 0.15) is 31.8 Å². The third-order valence-electron chi connectivity index (χ3n) is 3.97. The molecule has 7 nitrogen and oxygen atoms in total. The third-order valence-corrected chi connectivity index (χ3v) is 3.97. The Kier molecular flexibility index (Phi) is 5.39. The number of hydrogen-bond acceptors (Lipinski definition) is 6. The molecule has 1 amide bonds. The van der Waals surface area contributed by atoms with Gasteiger partial charge in [-0.25, -0.2) is 19.3 Å².